The number of halogens is 7. The zero-order chi connectivity index (χ0) is 98.2. The number of fused-ring (bicyclic) bond motifs is 24. The molecule has 25 rings (SSSR count). The van der Waals surface area contributed by atoms with Crippen LogP contribution in [0.3, 0.4) is 0 Å². The van der Waals surface area contributed by atoms with Crippen molar-refractivity contribution >= 4 is 229 Å². The number of oxime groups is 2. The first-order valence-electron chi connectivity index (χ1n) is 49.3. The molecule has 5 unspecified atom stereocenters. The van der Waals surface area contributed by atoms with Crippen LogP contribution in [0.15, 0.2) is 220 Å². The molecule has 8 aliphatic carbocycles. The predicted molar refractivity (Wildman–Crippen MR) is 601 cm³/mol. The normalized spacial score (nSPS) is 18.1. The largest absolute Gasteiger partial charge is 0.497 e. The van der Waals surface area contributed by atoms with E-state index in [4.69, 9.17) is 30.7 Å². The molecular weight excluding hydrogens is 2180 g/mol. The summed E-state index contributed by atoms with van der Waals surface area (Å²) >= 11 is 27.2. The average Bonchev–Trinajstić information content (AvgIpc) is 1.60. The maximum absolute atomic E-state index is 12.7. The molecule has 20 nitrogen and oxygen atoms in total. The van der Waals surface area contributed by atoms with Crippen molar-refractivity contribution in [3.05, 3.63) is 304 Å². The zero-order valence-electron chi connectivity index (χ0n) is 81.0. The van der Waals surface area contributed by atoms with E-state index >= 15 is 0 Å². The molecule has 8 aromatic heterocycles. The van der Waals surface area contributed by atoms with E-state index in [1.54, 1.807) is 21.3 Å². The smallest absolute Gasteiger partial charge is 0.314 e. The average molecular weight is 2300 g/mol. The van der Waals surface area contributed by atoms with Crippen molar-refractivity contribution < 1.29 is 28.7 Å². The van der Waals surface area contributed by atoms with Gasteiger partial charge in [-0.2, -0.15) is 0 Å². The van der Waals surface area contributed by atoms with Gasteiger partial charge in [-0.15, -0.1) is 0 Å². The van der Waals surface area contributed by atoms with Gasteiger partial charge in [-0.05, 0) is 378 Å². The Kier molecular flexibility index (Phi) is 32.8. The molecule has 8 aliphatic rings. The van der Waals surface area contributed by atoms with E-state index in [0.717, 1.165) is 183 Å². The number of aromatic amines is 7. The Balaban J connectivity index is 0.000000107. The summed E-state index contributed by atoms with van der Waals surface area (Å²) in [7, 11) is 13.2. The minimum atomic E-state index is -0.130. The first-order valence-corrected chi connectivity index (χ1v) is 54.4. The Labute approximate surface area is 878 Å². The van der Waals surface area contributed by atoms with Crippen LogP contribution in [0.1, 0.15) is 230 Å². The number of benzene rings is 9. The molecule has 27 heteroatoms. The number of allylic oxidation sites excluding steroid dienone is 1. The third-order valence-corrected chi connectivity index (χ3v) is 32.2. The number of hydrogen-bond donors (Lipinski definition) is 11. The summed E-state index contributed by atoms with van der Waals surface area (Å²) in [6, 6.07) is 61.6. The van der Waals surface area contributed by atoms with Crippen molar-refractivity contribution in [3.8, 4) is 5.75 Å². The van der Waals surface area contributed by atoms with Crippen LogP contribution in [-0.4, -0.2) is 112 Å². The van der Waals surface area contributed by atoms with Gasteiger partial charge in [-0.25, -0.2) is 0 Å². The Morgan fingerprint density at radius 3 is 1.30 bits per heavy atom. The second kappa shape index (κ2) is 45.8. The lowest BCUT2D eigenvalue weighted by Crippen LogP contribution is -2.24. The molecule has 0 aliphatic heterocycles. The van der Waals surface area contributed by atoms with Crippen LogP contribution in [0.4, 0.5) is 5.69 Å². The lowest BCUT2D eigenvalue weighted by molar-refractivity contribution is -0.145. The van der Waals surface area contributed by atoms with Crippen LogP contribution in [0.25, 0.3) is 92.8 Å². The molecule has 0 saturated heterocycles. The monoisotopic (exact) mass is 2290 g/mol. The molecule has 1 amide bonds. The highest BCUT2D eigenvalue weighted by atomic mass is 79.9. The Morgan fingerprint density at radius 1 is 0.397 bits per heavy atom. The van der Waals surface area contributed by atoms with E-state index in [1.807, 2.05) is 94.8 Å². The van der Waals surface area contributed by atoms with Crippen LogP contribution in [0.5, 0.6) is 5.75 Å². The molecule has 11 N–H and O–H groups in total. The second-order valence-electron chi connectivity index (χ2n) is 37.4. The quantitative estimate of drug-likeness (QED) is 0.0459. The molecule has 0 fully saturated rings. The number of aryl methyl sites for hydroxylation is 9. The van der Waals surface area contributed by atoms with Gasteiger partial charge in [-0.1, -0.05) is 154 Å². The van der Waals surface area contributed by atoms with E-state index < -0.39 is 0 Å². The minimum absolute atomic E-state index is 0.0720. The highest BCUT2D eigenvalue weighted by molar-refractivity contribution is 9.11. The molecule has 0 saturated carbocycles. The minimum Gasteiger partial charge on any atom is -0.497 e. The van der Waals surface area contributed by atoms with Crippen molar-refractivity contribution in [2.24, 2.45) is 17.4 Å². The molecule has 0 bridgehead atoms. The highest BCUT2D eigenvalue weighted by Gasteiger charge is 2.34. The van der Waals surface area contributed by atoms with E-state index in [-0.39, 0.29) is 23.7 Å². The number of esters is 1. The Morgan fingerprint density at radius 2 is 0.780 bits per heavy atom. The summed E-state index contributed by atoms with van der Waals surface area (Å²) < 4.78 is 19.5. The summed E-state index contributed by atoms with van der Waals surface area (Å²) in [4.78, 5) is 59.0. The standard InChI is InChI=1S/C19H17BrN2O.C15H16BrNO2.C14H14BrN.C14H18N2O.C13H13BrN2O.2C13H15BrN2.C13H13ClN2O/c20-12-9-10-17-16(11-12)14-7-4-8-15(18(14)22-17)19(23)21-13-5-2-1-3-6-13;1-2-19-15(18)11-5-3-4-10-12-8-9(16)6-7-13(12)17-14(10)11;1-9-4-3-5-11-12-8-10(15)6-7-13(12)16(2)14(9)11;1-15-13-5-3-4-10-11-8-9(17-2)6-7-12(11)16-14(10)13;1-17-16-11-4-2-3-10-9-6-5-8(14)7-12(9)15-13(10)11;1-15-11-4-2-3-10-9-6-5-8(14)7-12(9)16-13(10)11;1-15-12-4-2-3-9-10-7-8(14)5-6-11(10)16-13(9)12;1-17-16-12-4-2-3-9-10-7-8(14)5-6-11(10)15-13(9)12/h1-3,5-6,9-11,15,22H,4,7-8H2,(H,21,23);6-8,11,17H,2-5H2,1H3;6-8H,1,3-5H2,2H3;6-8,13,15-16H,3-5H2,1-2H3;5-7,15H,2-4H2,1H3;5-7,11,15-16H,2-4H2,1H3;5-7,12,15-16H,2-4H2,1H3;5-7,15H,2-4H2,1H3/b;;;;16-11+;;;16-12+. The molecule has 17 aromatic rings. The molecule has 141 heavy (non-hydrogen) atoms. The summed E-state index contributed by atoms with van der Waals surface area (Å²) in [5.41, 5.74) is 34.8. The number of methoxy groups -OCH3 is 1. The summed E-state index contributed by atoms with van der Waals surface area (Å²) in [5, 5.41) is 32.6. The molecule has 0 spiro atoms. The number of rotatable bonds is 10. The molecule has 0 radical (unpaired) electrons. The number of nitrogens with one attached hydrogen (secondary N) is 11. The van der Waals surface area contributed by atoms with Crippen LogP contribution in [0.2, 0.25) is 5.02 Å². The van der Waals surface area contributed by atoms with Crippen molar-refractivity contribution in [1.82, 2.24) is 55.4 Å². The topological polar surface area (TPSA) is 259 Å². The molecular formula is C114H121Br6ClN14O6. The number of aromatic nitrogens is 8. The van der Waals surface area contributed by atoms with Gasteiger partial charge in [0.15, 0.2) is 0 Å². The zero-order valence-corrected chi connectivity index (χ0v) is 91.2. The van der Waals surface area contributed by atoms with Gasteiger partial charge in [0.25, 0.3) is 0 Å². The fourth-order valence-electron chi connectivity index (χ4n) is 22.4. The van der Waals surface area contributed by atoms with Crippen molar-refractivity contribution in [1.29, 1.82) is 0 Å². The lowest BCUT2D eigenvalue weighted by Gasteiger charge is -2.22. The number of H-pyrrole nitrogens is 7. The third kappa shape index (κ3) is 21.9. The molecule has 5 atom stereocenters. The number of anilines is 1. The van der Waals surface area contributed by atoms with Gasteiger partial charge in [0.1, 0.15) is 31.4 Å². The van der Waals surface area contributed by atoms with Crippen molar-refractivity contribution in [2.45, 2.75) is 191 Å². The molecule has 9 aromatic carbocycles. The van der Waals surface area contributed by atoms with Crippen LogP contribution in [-0.2, 0) is 82.4 Å². The maximum atomic E-state index is 12.7. The first-order chi connectivity index (χ1) is 68.6. The van der Waals surface area contributed by atoms with Crippen molar-refractivity contribution in [3.63, 3.8) is 0 Å². The fourth-order valence-corrected chi connectivity index (χ4v) is 24.8. The van der Waals surface area contributed by atoms with E-state index in [9.17, 15) is 9.59 Å². The highest BCUT2D eigenvalue weighted by Crippen LogP contribution is 2.45. The van der Waals surface area contributed by atoms with Gasteiger partial charge in [0.2, 0.25) is 5.91 Å². The molecule has 732 valence electrons. The second-order valence-corrected chi connectivity index (χ2v) is 43.4. The van der Waals surface area contributed by atoms with E-state index in [1.165, 1.54) is 209 Å². The number of nitrogens with zero attached hydrogens (tertiary/aromatic N) is 3. The first kappa shape index (κ1) is 101. The van der Waals surface area contributed by atoms with E-state index in [0.29, 0.717) is 24.7 Å². The number of para-hydroxylation sites is 1. The predicted octanol–water partition coefficient (Wildman–Crippen LogP) is 30.1. The number of ether oxygens (including phenoxy) is 2. The molecule has 8 heterocycles. The Hall–Kier alpha value is -10.2. The van der Waals surface area contributed by atoms with Gasteiger partial charge >= 0.3 is 5.97 Å². The van der Waals surface area contributed by atoms with Crippen LogP contribution < -0.4 is 26.0 Å². The van der Waals surface area contributed by atoms with Crippen molar-refractivity contribution in [2.75, 3.05) is 54.4 Å². The van der Waals surface area contributed by atoms with Gasteiger partial charge in [0.05, 0.1) is 36.9 Å². The number of amides is 1. The SMILES string of the molecule is C=C1CCCc2c1n(C)c1ccc(Br)cc21.CCOC(=O)C1CCCc2c1[nH]c1ccc(Br)cc21.CNC1CCCc2c1[nH]c1cc(Br)ccc21.CNC1CCCc2c1[nH]c1ccc(Br)cc21.CNC1CCCc2c1[nH]c1ccc(OC)cc21.CO/N=C1\CCCc2c1[nH]c1cc(Br)ccc21.CO/N=C1\CCCc2c1[nH]c1ccc(Cl)cc21.O=C(Nc1ccccc1)C1CCCc2c1[nH]c1ccc(Br)cc21. The maximum Gasteiger partial charge on any atom is 0.314 e. The van der Waals surface area contributed by atoms with Gasteiger partial charge in [-0.3, -0.25) is 9.59 Å². The summed E-state index contributed by atoms with van der Waals surface area (Å²) in [6.07, 6.45) is 26.9. The van der Waals surface area contributed by atoms with Crippen LogP contribution in [0, 0.1) is 0 Å². The Bertz CT molecular complexity index is 7510. The summed E-state index contributed by atoms with van der Waals surface area (Å²) in [6.45, 7) is 6.49. The van der Waals surface area contributed by atoms with E-state index in [2.05, 4.69) is 289 Å². The summed E-state index contributed by atoms with van der Waals surface area (Å²) in [5.74, 6) is 0.669. The lowest BCUT2D eigenvalue weighted by atomic mass is 9.86. The van der Waals surface area contributed by atoms with Gasteiger partial charge < -0.3 is 79.9 Å². The number of carbonyl (C=O) groups is 2. The fraction of sp³-hybridized carbons (Fsp3) is 0.333. The number of hydrogen-bond acceptors (Lipinski definition) is 11. The third-order valence-electron chi connectivity index (χ3n) is 29.0. The number of carbonyl (C=O) groups excluding carboxylic acids is 2. The van der Waals surface area contributed by atoms with Crippen LogP contribution >= 0.6 is 107 Å². The van der Waals surface area contributed by atoms with Gasteiger partial charge in [0, 0.05) is 184 Å².